The molecule has 2 aliphatic rings. The zero-order valence-corrected chi connectivity index (χ0v) is 14.9. The normalized spacial score (nSPS) is 17.0. The average molecular weight is 371 g/mol. The highest BCUT2D eigenvalue weighted by molar-refractivity contribution is 5.99. The van der Waals surface area contributed by atoms with E-state index in [4.69, 9.17) is 4.74 Å². The van der Waals surface area contributed by atoms with Crippen LogP contribution >= 0.6 is 0 Å². The average Bonchev–Trinajstić information content (AvgIpc) is 3.14. The molecule has 0 radical (unpaired) electrons. The van der Waals surface area contributed by atoms with E-state index < -0.39 is 5.97 Å². The summed E-state index contributed by atoms with van der Waals surface area (Å²) in [7, 11) is 0. The van der Waals surface area contributed by atoms with Crippen molar-refractivity contribution in [1.29, 1.82) is 0 Å². The molecule has 2 aliphatic heterocycles. The number of aryl methyl sites for hydroxylation is 1. The van der Waals surface area contributed by atoms with E-state index >= 15 is 0 Å². The third-order valence-electron chi connectivity index (χ3n) is 5.26. The fraction of sp³-hybridized carbons (Fsp3) is 0.474. The number of carbonyl (C=O) groups excluding carboxylic acids is 1. The molecule has 0 bridgehead atoms. The van der Waals surface area contributed by atoms with Gasteiger partial charge in [-0.2, -0.15) is 0 Å². The number of carbonyl (C=O) groups is 2. The zero-order valence-electron chi connectivity index (χ0n) is 14.9. The summed E-state index contributed by atoms with van der Waals surface area (Å²) in [6, 6.07) is 4.64. The Kier molecular flexibility index (Phi) is 4.65. The van der Waals surface area contributed by atoms with Gasteiger partial charge in [0.2, 0.25) is 0 Å². The maximum atomic E-state index is 13.1. The molecule has 1 aromatic carbocycles. The standard InChI is InChI=1S/C19H21N3O5/c23-17(24)11-22(13-5-8-27-9-6-13)18(25)12-3-4-14-15(10-12)20-16-2-1-7-21(16)19(14)26/h3-4,10,13H,1-2,5-9,11H2,(H,23,24). The zero-order chi connectivity index (χ0) is 19.0. The minimum absolute atomic E-state index is 0.0849. The highest BCUT2D eigenvalue weighted by atomic mass is 16.5. The second kappa shape index (κ2) is 7.11. The number of rotatable bonds is 4. The van der Waals surface area contributed by atoms with E-state index in [9.17, 15) is 19.5 Å². The number of benzene rings is 1. The van der Waals surface area contributed by atoms with E-state index in [1.54, 1.807) is 22.8 Å². The van der Waals surface area contributed by atoms with Gasteiger partial charge in [0, 0.05) is 37.8 Å². The maximum Gasteiger partial charge on any atom is 0.323 e. The van der Waals surface area contributed by atoms with Crippen LogP contribution < -0.4 is 5.56 Å². The summed E-state index contributed by atoms with van der Waals surface area (Å²) in [4.78, 5) is 42.9. The van der Waals surface area contributed by atoms with Gasteiger partial charge >= 0.3 is 5.97 Å². The molecule has 4 rings (SSSR count). The van der Waals surface area contributed by atoms with Gasteiger partial charge in [0.05, 0.1) is 10.9 Å². The van der Waals surface area contributed by atoms with Crippen molar-refractivity contribution in [3.8, 4) is 0 Å². The summed E-state index contributed by atoms with van der Waals surface area (Å²) >= 11 is 0. The molecule has 0 aliphatic carbocycles. The summed E-state index contributed by atoms with van der Waals surface area (Å²) in [6.45, 7) is 1.34. The summed E-state index contributed by atoms with van der Waals surface area (Å²) in [6.07, 6.45) is 2.86. The summed E-state index contributed by atoms with van der Waals surface area (Å²) < 4.78 is 7.00. The van der Waals surface area contributed by atoms with Gasteiger partial charge in [0.1, 0.15) is 12.4 Å². The number of amides is 1. The first-order valence-corrected chi connectivity index (χ1v) is 9.18. The van der Waals surface area contributed by atoms with Crippen LogP contribution in [0, 0.1) is 0 Å². The van der Waals surface area contributed by atoms with Crippen LogP contribution in [0.25, 0.3) is 10.9 Å². The molecule has 8 heteroatoms. The lowest BCUT2D eigenvalue weighted by atomic mass is 10.0. The number of aromatic nitrogens is 2. The largest absolute Gasteiger partial charge is 0.480 e. The van der Waals surface area contributed by atoms with Crippen LogP contribution in [-0.4, -0.2) is 57.2 Å². The molecule has 2 aromatic rings. The predicted octanol–water partition coefficient (Wildman–Crippen LogP) is 1.05. The van der Waals surface area contributed by atoms with Crippen LogP contribution in [0.1, 0.15) is 35.4 Å². The first-order valence-electron chi connectivity index (χ1n) is 9.18. The number of aliphatic carboxylic acids is 1. The smallest absolute Gasteiger partial charge is 0.323 e. The van der Waals surface area contributed by atoms with Crippen LogP contribution in [0.5, 0.6) is 0 Å². The number of hydrogen-bond donors (Lipinski definition) is 1. The Morgan fingerprint density at radius 3 is 2.81 bits per heavy atom. The Morgan fingerprint density at radius 1 is 1.30 bits per heavy atom. The van der Waals surface area contributed by atoms with E-state index in [0.717, 1.165) is 18.7 Å². The number of carboxylic acid groups (broad SMARTS) is 1. The first-order chi connectivity index (χ1) is 13.0. The van der Waals surface area contributed by atoms with Gasteiger partial charge in [-0.1, -0.05) is 0 Å². The van der Waals surface area contributed by atoms with Crippen LogP contribution in [0.2, 0.25) is 0 Å². The van der Waals surface area contributed by atoms with Gasteiger partial charge in [-0.15, -0.1) is 0 Å². The predicted molar refractivity (Wildman–Crippen MR) is 96.8 cm³/mol. The Bertz CT molecular complexity index is 962. The van der Waals surface area contributed by atoms with Crippen molar-refractivity contribution >= 4 is 22.8 Å². The lowest BCUT2D eigenvalue weighted by molar-refractivity contribution is -0.138. The van der Waals surface area contributed by atoms with E-state index in [1.807, 2.05) is 0 Å². The second-order valence-corrected chi connectivity index (χ2v) is 6.99. The molecule has 0 saturated carbocycles. The third kappa shape index (κ3) is 3.32. The molecule has 1 aromatic heterocycles. The molecule has 1 N–H and O–H groups in total. The minimum atomic E-state index is -1.05. The van der Waals surface area contributed by atoms with E-state index in [-0.39, 0.29) is 24.1 Å². The van der Waals surface area contributed by atoms with Gasteiger partial charge < -0.3 is 14.7 Å². The van der Waals surface area contributed by atoms with Crippen molar-refractivity contribution in [2.75, 3.05) is 19.8 Å². The molecule has 1 fully saturated rings. The molecular weight excluding hydrogens is 350 g/mol. The molecule has 3 heterocycles. The van der Waals surface area contributed by atoms with Crippen LogP contribution in [0.15, 0.2) is 23.0 Å². The van der Waals surface area contributed by atoms with Crippen molar-refractivity contribution in [3.05, 3.63) is 39.9 Å². The van der Waals surface area contributed by atoms with Gasteiger partial charge in [-0.05, 0) is 37.5 Å². The number of nitrogens with zero attached hydrogens (tertiary/aromatic N) is 3. The Labute approximate surface area is 155 Å². The van der Waals surface area contributed by atoms with Crippen LogP contribution in [0.3, 0.4) is 0 Å². The third-order valence-corrected chi connectivity index (χ3v) is 5.26. The Balaban J connectivity index is 1.70. The summed E-state index contributed by atoms with van der Waals surface area (Å²) in [5, 5.41) is 9.72. The van der Waals surface area contributed by atoms with Crippen molar-refractivity contribution in [3.63, 3.8) is 0 Å². The molecule has 1 saturated heterocycles. The lowest BCUT2D eigenvalue weighted by Crippen LogP contribution is -2.46. The van der Waals surface area contributed by atoms with Gasteiger partial charge in [-0.25, -0.2) is 4.98 Å². The highest BCUT2D eigenvalue weighted by Gasteiger charge is 2.29. The van der Waals surface area contributed by atoms with Gasteiger partial charge in [0.15, 0.2) is 0 Å². The molecule has 8 nitrogen and oxygen atoms in total. The van der Waals surface area contributed by atoms with Crippen molar-refractivity contribution in [2.45, 2.75) is 38.3 Å². The maximum absolute atomic E-state index is 13.1. The fourth-order valence-electron chi connectivity index (χ4n) is 3.89. The molecule has 0 spiro atoms. The molecule has 27 heavy (non-hydrogen) atoms. The molecule has 0 atom stereocenters. The molecular formula is C19H21N3O5. The van der Waals surface area contributed by atoms with Crippen LogP contribution in [-0.2, 0) is 22.5 Å². The Hall–Kier alpha value is -2.74. The molecule has 0 unspecified atom stereocenters. The van der Waals surface area contributed by atoms with Crippen molar-refractivity contribution in [2.24, 2.45) is 0 Å². The van der Waals surface area contributed by atoms with Crippen molar-refractivity contribution < 1.29 is 19.4 Å². The lowest BCUT2D eigenvalue weighted by Gasteiger charge is -2.33. The van der Waals surface area contributed by atoms with E-state index in [1.165, 1.54) is 4.90 Å². The molecule has 1 amide bonds. The number of hydrogen-bond acceptors (Lipinski definition) is 5. The second-order valence-electron chi connectivity index (χ2n) is 6.99. The topological polar surface area (TPSA) is 102 Å². The van der Waals surface area contributed by atoms with E-state index in [0.29, 0.717) is 49.1 Å². The first kappa shape index (κ1) is 17.7. The van der Waals surface area contributed by atoms with Gasteiger partial charge in [0.25, 0.3) is 11.5 Å². The monoisotopic (exact) mass is 371 g/mol. The van der Waals surface area contributed by atoms with Gasteiger partial charge in [-0.3, -0.25) is 19.0 Å². The highest BCUT2D eigenvalue weighted by Crippen LogP contribution is 2.20. The van der Waals surface area contributed by atoms with Crippen molar-refractivity contribution in [1.82, 2.24) is 14.5 Å². The molecule has 142 valence electrons. The van der Waals surface area contributed by atoms with Crippen LogP contribution in [0.4, 0.5) is 0 Å². The minimum Gasteiger partial charge on any atom is -0.480 e. The fourth-order valence-corrected chi connectivity index (χ4v) is 3.89. The number of ether oxygens (including phenoxy) is 1. The summed E-state index contributed by atoms with van der Waals surface area (Å²) in [5.74, 6) is -0.664. The number of carboxylic acids is 1. The number of fused-ring (bicyclic) bond motifs is 2. The van der Waals surface area contributed by atoms with E-state index in [2.05, 4.69) is 4.98 Å². The quantitative estimate of drug-likeness (QED) is 0.862. The SMILES string of the molecule is O=C(O)CN(C(=O)c1ccc2c(=O)n3c(nc2c1)CCC3)C1CCOCC1. The summed E-state index contributed by atoms with van der Waals surface area (Å²) in [5.41, 5.74) is 0.754. The Morgan fingerprint density at radius 2 is 2.07 bits per heavy atom.